The fraction of sp³-hybridized carbons (Fsp3) is 0.333. The molecule has 0 bridgehead atoms. The summed E-state index contributed by atoms with van der Waals surface area (Å²) in [7, 11) is 1.73. The molecule has 0 N–H and O–H groups in total. The van der Waals surface area contributed by atoms with Gasteiger partial charge in [-0.2, -0.15) is 5.06 Å². The summed E-state index contributed by atoms with van der Waals surface area (Å²) in [5.74, 6) is 0. The quantitative estimate of drug-likeness (QED) is 0.704. The van der Waals surface area contributed by atoms with Gasteiger partial charge in [0.15, 0.2) is 0 Å². The summed E-state index contributed by atoms with van der Waals surface area (Å²) in [6, 6.07) is 10.8. The Morgan fingerprint density at radius 3 is 2.93 bits per heavy atom. The summed E-state index contributed by atoms with van der Waals surface area (Å²) in [5, 5.41) is 3.32. The van der Waals surface area contributed by atoms with Gasteiger partial charge in [0.2, 0.25) is 0 Å². The zero-order valence-electron chi connectivity index (χ0n) is 8.81. The fourth-order valence-corrected chi connectivity index (χ4v) is 2.29. The molecule has 0 saturated carbocycles. The summed E-state index contributed by atoms with van der Waals surface area (Å²) in [5.41, 5.74) is 2.67. The number of hydrogen-bond acceptors (Lipinski definition) is 2. The lowest BCUT2D eigenvalue weighted by Crippen LogP contribution is -2.32. The minimum atomic E-state index is 0.880. The van der Waals surface area contributed by atoms with Crippen LogP contribution in [0.15, 0.2) is 30.3 Å². The number of rotatable bonds is 1. The van der Waals surface area contributed by atoms with Crippen LogP contribution < -0.4 is 0 Å². The van der Waals surface area contributed by atoms with E-state index < -0.39 is 0 Å². The van der Waals surface area contributed by atoms with Gasteiger partial charge in [-0.05, 0) is 17.5 Å². The molecule has 78 valence electrons. The van der Waals surface area contributed by atoms with Crippen molar-refractivity contribution in [1.29, 1.82) is 0 Å². The molecule has 2 aromatic rings. The van der Waals surface area contributed by atoms with E-state index in [2.05, 4.69) is 34.9 Å². The topological polar surface area (TPSA) is 17.4 Å². The van der Waals surface area contributed by atoms with Gasteiger partial charge in [0.1, 0.15) is 0 Å². The standard InChI is InChI=1S/C12H14N2O/c1-15-13-6-7-14-11(9-13)8-10-4-2-3-5-12(10)14/h2-5,8H,6-7,9H2,1H3. The van der Waals surface area contributed by atoms with Crippen LogP contribution in [0.1, 0.15) is 5.69 Å². The number of hydrogen-bond donors (Lipinski definition) is 0. The minimum Gasteiger partial charge on any atom is -0.342 e. The molecule has 0 aliphatic carbocycles. The smallest absolute Gasteiger partial charge is 0.0645 e. The van der Waals surface area contributed by atoms with E-state index in [1.807, 2.05) is 5.06 Å². The molecule has 0 spiro atoms. The van der Waals surface area contributed by atoms with Crippen molar-refractivity contribution in [2.45, 2.75) is 13.1 Å². The Balaban J connectivity index is 2.12. The third-order valence-electron chi connectivity index (χ3n) is 3.07. The molecule has 0 unspecified atom stereocenters. The SMILES string of the molecule is CON1CCn2c(cc3ccccc32)C1. The van der Waals surface area contributed by atoms with E-state index in [1.54, 1.807) is 7.11 Å². The average molecular weight is 202 g/mol. The normalized spacial score (nSPS) is 16.9. The monoisotopic (exact) mass is 202 g/mol. The second-order valence-electron chi connectivity index (χ2n) is 3.89. The highest BCUT2D eigenvalue weighted by atomic mass is 16.7. The van der Waals surface area contributed by atoms with Crippen LogP contribution in [-0.2, 0) is 17.9 Å². The van der Waals surface area contributed by atoms with Crippen molar-refractivity contribution in [3.63, 3.8) is 0 Å². The Bertz CT molecular complexity index is 489. The summed E-state index contributed by atoms with van der Waals surface area (Å²) in [6.07, 6.45) is 0. The maximum Gasteiger partial charge on any atom is 0.0645 e. The van der Waals surface area contributed by atoms with Crippen molar-refractivity contribution in [2.24, 2.45) is 0 Å². The Hall–Kier alpha value is -1.32. The molecule has 1 aliphatic rings. The maximum absolute atomic E-state index is 5.26. The predicted octanol–water partition coefficient (Wildman–Crippen LogP) is 2.02. The lowest BCUT2D eigenvalue weighted by atomic mass is 10.2. The molecule has 3 nitrogen and oxygen atoms in total. The Morgan fingerprint density at radius 1 is 1.20 bits per heavy atom. The second-order valence-corrected chi connectivity index (χ2v) is 3.89. The van der Waals surface area contributed by atoms with Gasteiger partial charge in [0.25, 0.3) is 0 Å². The van der Waals surface area contributed by atoms with Gasteiger partial charge in [-0.15, -0.1) is 0 Å². The molecule has 0 amide bonds. The van der Waals surface area contributed by atoms with Gasteiger partial charge < -0.3 is 9.40 Å². The van der Waals surface area contributed by atoms with E-state index >= 15 is 0 Å². The maximum atomic E-state index is 5.26. The lowest BCUT2D eigenvalue weighted by molar-refractivity contribution is -0.148. The molecular formula is C12H14N2O. The largest absolute Gasteiger partial charge is 0.342 e. The van der Waals surface area contributed by atoms with Crippen molar-refractivity contribution in [2.75, 3.05) is 13.7 Å². The van der Waals surface area contributed by atoms with Crippen molar-refractivity contribution >= 4 is 10.9 Å². The van der Waals surface area contributed by atoms with E-state index in [9.17, 15) is 0 Å². The first-order chi connectivity index (χ1) is 7.38. The second kappa shape index (κ2) is 3.36. The van der Waals surface area contributed by atoms with Gasteiger partial charge in [-0.3, -0.25) is 0 Å². The molecule has 0 radical (unpaired) electrons. The number of hydroxylamine groups is 2. The minimum absolute atomic E-state index is 0.880. The highest BCUT2D eigenvalue weighted by Gasteiger charge is 2.17. The third-order valence-corrected chi connectivity index (χ3v) is 3.07. The number of fused-ring (bicyclic) bond motifs is 3. The Kier molecular flexibility index (Phi) is 2.01. The molecule has 1 aromatic carbocycles. The van der Waals surface area contributed by atoms with Crippen molar-refractivity contribution in [3.8, 4) is 0 Å². The van der Waals surface area contributed by atoms with E-state index in [0.717, 1.165) is 19.6 Å². The number of nitrogens with zero attached hydrogens (tertiary/aromatic N) is 2. The molecule has 15 heavy (non-hydrogen) atoms. The molecule has 0 atom stereocenters. The van der Waals surface area contributed by atoms with Crippen LogP contribution in [0.4, 0.5) is 0 Å². The molecule has 0 fully saturated rings. The van der Waals surface area contributed by atoms with E-state index in [0.29, 0.717) is 0 Å². The van der Waals surface area contributed by atoms with E-state index in [-0.39, 0.29) is 0 Å². The zero-order valence-corrected chi connectivity index (χ0v) is 8.81. The van der Waals surface area contributed by atoms with E-state index in [4.69, 9.17) is 4.84 Å². The molecule has 0 saturated heterocycles. The predicted molar refractivity (Wildman–Crippen MR) is 59.4 cm³/mol. The first-order valence-electron chi connectivity index (χ1n) is 5.24. The summed E-state index contributed by atoms with van der Waals surface area (Å²) in [6.45, 7) is 2.85. The van der Waals surface area contributed by atoms with Gasteiger partial charge in [-0.1, -0.05) is 18.2 Å². The van der Waals surface area contributed by atoms with Gasteiger partial charge in [0.05, 0.1) is 13.7 Å². The van der Waals surface area contributed by atoms with Crippen LogP contribution >= 0.6 is 0 Å². The van der Waals surface area contributed by atoms with Gasteiger partial charge >= 0.3 is 0 Å². The molecular weight excluding hydrogens is 188 g/mol. The molecule has 1 aromatic heterocycles. The van der Waals surface area contributed by atoms with Crippen LogP contribution in [0.3, 0.4) is 0 Å². The molecule has 1 aliphatic heterocycles. The lowest BCUT2D eigenvalue weighted by Gasteiger charge is -2.26. The average Bonchev–Trinajstić information content (AvgIpc) is 2.66. The highest BCUT2D eigenvalue weighted by molar-refractivity contribution is 5.81. The van der Waals surface area contributed by atoms with Gasteiger partial charge in [-0.25, -0.2) is 0 Å². The first kappa shape index (κ1) is 8.95. The van der Waals surface area contributed by atoms with Crippen LogP contribution in [0.25, 0.3) is 10.9 Å². The zero-order chi connectivity index (χ0) is 10.3. The van der Waals surface area contributed by atoms with Crippen molar-refractivity contribution in [3.05, 3.63) is 36.0 Å². The highest BCUT2D eigenvalue weighted by Crippen LogP contribution is 2.23. The molecule has 2 heterocycles. The summed E-state index contributed by atoms with van der Waals surface area (Å²) >= 11 is 0. The van der Waals surface area contributed by atoms with Crippen LogP contribution in [0, 0.1) is 0 Å². The van der Waals surface area contributed by atoms with Crippen molar-refractivity contribution < 1.29 is 4.84 Å². The van der Waals surface area contributed by atoms with Gasteiger partial charge in [0, 0.05) is 24.3 Å². The summed E-state index contributed by atoms with van der Waals surface area (Å²) < 4.78 is 2.38. The number of para-hydroxylation sites is 1. The number of benzene rings is 1. The Morgan fingerprint density at radius 2 is 2.07 bits per heavy atom. The molecule has 3 heteroatoms. The van der Waals surface area contributed by atoms with E-state index in [1.165, 1.54) is 16.6 Å². The fourth-order valence-electron chi connectivity index (χ4n) is 2.29. The van der Waals surface area contributed by atoms with Crippen LogP contribution in [0.2, 0.25) is 0 Å². The molecule has 3 rings (SSSR count). The van der Waals surface area contributed by atoms with Crippen LogP contribution in [0.5, 0.6) is 0 Å². The van der Waals surface area contributed by atoms with Crippen molar-refractivity contribution in [1.82, 2.24) is 9.63 Å². The Labute approximate surface area is 88.8 Å². The summed E-state index contributed by atoms with van der Waals surface area (Å²) in [4.78, 5) is 5.26. The van der Waals surface area contributed by atoms with Crippen LogP contribution in [-0.4, -0.2) is 23.3 Å². The third kappa shape index (κ3) is 1.35. The number of aromatic nitrogens is 1. The first-order valence-corrected chi connectivity index (χ1v) is 5.24.